The average molecular weight is 158 g/mol. The number of rotatable bonds is 1. The highest BCUT2D eigenvalue weighted by Crippen LogP contribution is 2.34. The van der Waals surface area contributed by atoms with E-state index in [0.717, 1.165) is 0 Å². The van der Waals surface area contributed by atoms with Gasteiger partial charge in [-0.15, -0.1) is 0 Å². The highest BCUT2D eigenvalue weighted by Gasteiger charge is 2.43. The molecule has 11 heavy (non-hydrogen) atoms. The van der Waals surface area contributed by atoms with Crippen LogP contribution >= 0.6 is 0 Å². The Bertz CT molecular complexity index is 172. The smallest absolute Gasteiger partial charge is 0.306 e. The molecule has 1 aliphatic heterocycles. The van der Waals surface area contributed by atoms with E-state index in [1.807, 2.05) is 13.8 Å². The Morgan fingerprint density at radius 2 is 2.27 bits per heavy atom. The maximum Gasteiger partial charge on any atom is 0.306 e. The predicted octanol–water partition coefficient (Wildman–Crippen LogP) is 0.709. The molecular weight excluding hydrogens is 144 g/mol. The van der Waals surface area contributed by atoms with Gasteiger partial charge in [-0.2, -0.15) is 0 Å². The van der Waals surface area contributed by atoms with Crippen molar-refractivity contribution < 1.29 is 14.6 Å². The van der Waals surface area contributed by atoms with E-state index in [1.165, 1.54) is 0 Å². The molecule has 0 radical (unpaired) electrons. The first kappa shape index (κ1) is 8.53. The van der Waals surface area contributed by atoms with Gasteiger partial charge in [0.05, 0.1) is 12.5 Å². The van der Waals surface area contributed by atoms with Crippen LogP contribution in [0.5, 0.6) is 0 Å². The summed E-state index contributed by atoms with van der Waals surface area (Å²) in [5.74, 6) is -0.268. The molecule has 0 aromatic rings. The van der Waals surface area contributed by atoms with E-state index >= 15 is 0 Å². The molecule has 64 valence electrons. The van der Waals surface area contributed by atoms with Gasteiger partial charge in [-0.1, -0.05) is 0 Å². The van der Waals surface area contributed by atoms with Crippen molar-refractivity contribution in [3.8, 4) is 0 Å². The van der Waals surface area contributed by atoms with Crippen molar-refractivity contribution in [3.63, 3.8) is 0 Å². The number of hydrogen-bond acceptors (Lipinski definition) is 3. The molecule has 1 aliphatic rings. The van der Waals surface area contributed by atoms with E-state index in [-0.39, 0.29) is 11.9 Å². The highest BCUT2D eigenvalue weighted by molar-refractivity contribution is 5.72. The minimum Gasteiger partial charge on any atom is -0.459 e. The Hall–Kier alpha value is -0.570. The summed E-state index contributed by atoms with van der Waals surface area (Å²) in [6, 6.07) is 0. The summed E-state index contributed by atoms with van der Waals surface area (Å²) in [7, 11) is 0. The summed E-state index contributed by atoms with van der Waals surface area (Å²) >= 11 is 0. The van der Waals surface area contributed by atoms with Gasteiger partial charge in [-0.05, 0) is 20.8 Å². The van der Waals surface area contributed by atoms with Crippen molar-refractivity contribution in [2.75, 3.05) is 0 Å². The Kier molecular flexibility index (Phi) is 1.92. The molecule has 0 spiro atoms. The second-order valence-corrected chi connectivity index (χ2v) is 3.63. The number of esters is 1. The van der Waals surface area contributed by atoms with Crippen LogP contribution in [0.15, 0.2) is 0 Å². The zero-order valence-electron chi connectivity index (χ0n) is 7.13. The molecule has 2 atom stereocenters. The summed E-state index contributed by atoms with van der Waals surface area (Å²) < 4.78 is 5.02. The van der Waals surface area contributed by atoms with E-state index in [0.29, 0.717) is 6.42 Å². The van der Waals surface area contributed by atoms with Crippen molar-refractivity contribution in [1.29, 1.82) is 0 Å². The lowest BCUT2D eigenvalue weighted by Gasteiger charge is -2.26. The van der Waals surface area contributed by atoms with Crippen LogP contribution in [0.4, 0.5) is 0 Å². The number of hydrogen-bond donors (Lipinski definition) is 1. The first-order valence-electron chi connectivity index (χ1n) is 3.83. The Labute approximate surface area is 66.4 Å². The molecule has 1 rings (SSSR count). The number of carbonyl (C=O) groups is 1. The van der Waals surface area contributed by atoms with Crippen molar-refractivity contribution in [3.05, 3.63) is 0 Å². The van der Waals surface area contributed by atoms with E-state index in [1.54, 1.807) is 6.92 Å². The zero-order chi connectivity index (χ0) is 8.65. The maximum absolute atomic E-state index is 10.8. The molecule has 0 bridgehead atoms. The first-order chi connectivity index (χ1) is 4.93. The van der Waals surface area contributed by atoms with Gasteiger partial charge >= 0.3 is 5.97 Å². The molecule has 3 nitrogen and oxygen atoms in total. The topological polar surface area (TPSA) is 46.5 Å². The number of carbonyl (C=O) groups excluding carboxylic acids is 1. The van der Waals surface area contributed by atoms with Crippen molar-refractivity contribution in [2.24, 2.45) is 5.92 Å². The second kappa shape index (κ2) is 2.48. The van der Waals surface area contributed by atoms with E-state index in [4.69, 9.17) is 4.74 Å². The minimum absolute atomic E-state index is 0.0602. The molecule has 1 heterocycles. The van der Waals surface area contributed by atoms with E-state index in [2.05, 4.69) is 0 Å². The number of cyclic esters (lactones) is 1. The molecule has 0 saturated carbocycles. The summed E-state index contributed by atoms with van der Waals surface area (Å²) in [6.45, 7) is 5.35. The van der Waals surface area contributed by atoms with Crippen molar-refractivity contribution >= 4 is 5.97 Å². The molecule has 0 amide bonds. The number of ether oxygens (including phenoxy) is 1. The van der Waals surface area contributed by atoms with Crippen LogP contribution in [0.3, 0.4) is 0 Å². The standard InChI is InChI=1S/C8H14O3/c1-5(9)6-4-7(10)11-8(6,2)3/h5-6,9H,4H2,1-3H3. The highest BCUT2D eigenvalue weighted by atomic mass is 16.6. The van der Waals surface area contributed by atoms with Crippen LogP contribution in [0.2, 0.25) is 0 Å². The van der Waals surface area contributed by atoms with Gasteiger partial charge < -0.3 is 9.84 Å². The molecule has 3 heteroatoms. The van der Waals surface area contributed by atoms with Crippen LogP contribution < -0.4 is 0 Å². The minimum atomic E-state index is -0.495. The summed E-state index contributed by atoms with van der Waals surface area (Å²) in [4.78, 5) is 10.8. The van der Waals surface area contributed by atoms with Gasteiger partial charge in [0.2, 0.25) is 0 Å². The fourth-order valence-electron chi connectivity index (χ4n) is 1.59. The largest absolute Gasteiger partial charge is 0.459 e. The summed E-state index contributed by atoms with van der Waals surface area (Å²) in [5, 5.41) is 9.27. The van der Waals surface area contributed by atoms with Crippen LogP contribution in [0, 0.1) is 5.92 Å². The normalized spacial score (nSPS) is 31.6. The third-order valence-electron chi connectivity index (χ3n) is 2.24. The van der Waals surface area contributed by atoms with Gasteiger partial charge in [-0.25, -0.2) is 0 Å². The van der Waals surface area contributed by atoms with Gasteiger partial charge in [0.15, 0.2) is 0 Å². The maximum atomic E-state index is 10.8. The molecule has 0 aromatic carbocycles. The third-order valence-corrected chi connectivity index (χ3v) is 2.24. The van der Waals surface area contributed by atoms with E-state index in [9.17, 15) is 9.90 Å². The molecular formula is C8H14O3. The van der Waals surface area contributed by atoms with Crippen molar-refractivity contribution in [1.82, 2.24) is 0 Å². The van der Waals surface area contributed by atoms with Crippen LogP contribution in [-0.2, 0) is 9.53 Å². The first-order valence-corrected chi connectivity index (χ1v) is 3.83. The Morgan fingerprint density at radius 1 is 1.73 bits per heavy atom. The van der Waals surface area contributed by atoms with Crippen LogP contribution in [-0.4, -0.2) is 22.8 Å². The lowest BCUT2D eigenvalue weighted by molar-refractivity contribution is -0.147. The predicted molar refractivity (Wildman–Crippen MR) is 40.0 cm³/mol. The van der Waals surface area contributed by atoms with Crippen LogP contribution in [0.25, 0.3) is 0 Å². The summed E-state index contributed by atoms with van der Waals surface area (Å²) in [5.41, 5.74) is -0.495. The van der Waals surface area contributed by atoms with Crippen molar-refractivity contribution in [2.45, 2.75) is 38.9 Å². The summed E-state index contributed by atoms with van der Waals surface area (Å²) in [6.07, 6.45) is -0.138. The second-order valence-electron chi connectivity index (χ2n) is 3.63. The molecule has 0 aromatic heterocycles. The average Bonchev–Trinajstić information content (AvgIpc) is 2.04. The molecule has 1 saturated heterocycles. The monoisotopic (exact) mass is 158 g/mol. The van der Waals surface area contributed by atoms with E-state index < -0.39 is 11.7 Å². The zero-order valence-corrected chi connectivity index (χ0v) is 7.13. The molecule has 1 fully saturated rings. The number of aliphatic hydroxyl groups is 1. The fourth-order valence-corrected chi connectivity index (χ4v) is 1.59. The SMILES string of the molecule is CC(O)C1CC(=O)OC1(C)C. The van der Waals surface area contributed by atoms with Crippen LogP contribution in [0.1, 0.15) is 27.2 Å². The quantitative estimate of drug-likeness (QED) is 0.572. The lowest BCUT2D eigenvalue weighted by Crippen LogP contribution is -2.34. The number of aliphatic hydroxyl groups excluding tert-OH is 1. The van der Waals surface area contributed by atoms with Gasteiger partial charge in [-0.3, -0.25) is 4.79 Å². The van der Waals surface area contributed by atoms with Gasteiger partial charge in [0, 0.05) is 5.92 Å². The lowest BCUT2D eigenvalue weighted by atomic mass is 9.87. The third kappa shape index (κ3) is 1.53. The fraction of sp³-hybridized carbons (Fsp3) is 0.875. The Morgan fingerprint density at radius 3 is 2.45 bits per heavy atom. The van der Waals surface area contributed by atoms with Gasteiger partial charge in [0.25, 0.3) is 0 Å². The molecule has 1 N–H and O–H groups in total. The Balaban J connectivity index is 2.74. The van der Waals surface area contributed by atoms with Gasteiger partial charge in [0.1, 0.15) is 5.60 Å². The molecule has 2 unspecified atom stereocenters. The molecule has 0 aliphatic carbocycles.